The zero-order valence-electron chi connectivity index (χ0n) is 15.5. The van der Waals surface area contributed by atoms with E-state index in [0.29, 0.717) is 6.07 Å². The lowest BCUT2D eigenvalue weighted by atomic mass is 9.94. The van der Waals surface area contributed by atoms with Gasteiger partial charge in [-0.05, 0) is 29.7 Å². The van der Waals surface area contributed by atoms with Crippen LogP contribution >= 0.6 is 11.6 Å². The second-order valence-corrected chi connectivity index (χ2v) is 8.44. The lowest BCUT2D eigenvalue weighted by molar-refractivity contribution is -0.384. The molecule has 0 radical (unpaired) electrons. The van der Waals surface area contributed by atoms with Gasteiger partial charge in [-0.1, -0.05) is 23.7 Å². The number of rotatable bonds is 5. The fourth-order valence-electron chi connectivity index (χ4n) is 3.21. The topological polar surface area (TPSA) is 161 Å². The number of aromatic carboxylic acids is 1. The number of carboxylic acid groups (broad SMARTS) is 1. The molecular weight excluding hydrogens is 468 g/mol. The Morgan fingerprint density at radius 3 is 2.41 bits per heavy atom. The number of imide groups is 1. The summed E-state index contributed by atoms with van der Waals surface area (Å²) in [5.74, 6) is -3.83. The molecule has 0 bridgehead atoms. The molecule has 1 aliphatic rings. The van der Waals surface area contributed by atoms with Crippen molar-refractivity contribution in [1.82, 2.24) is 5.06 Å². The van der Waals surface area contributed by atoms with E-state index in [1.165, 1.54) is 24.3 Å². The summed E-state index contributed by atoms with van der Waals surface area (Å²) < 4.78 is 30.3. The lowest BCUT2D eigenvalue weighted by Gasteiger charge is -2.25. The molecule has 1 aliphatic heterocycles. The summed E-state index contributed by atoms with van der Waals surface area (Å²) in [6.45, 7) is 0. The molecule has 2 amide bonds. The van der Waals surface area contributed by atoms with Gasteiger partial charge in [0, 0.05) is 17.5 Å². The zero-order valence-corrected chi connectivity index (χ0v) is 17.1. The molecule has 11 nitrogen and oxygen atoms in total. The van der Waals surface area contributed by atoms with Crippen LogP contribution in [-0.4, -0.2) is 41.3 Å². The molecular formula is C19H9ClN2O9S. The van der Waals surface area contributed by atoms with Gasteiger partial charge in [0.05, 0.1) is 26.6 Å². The molecule has 1 N–H and O–H groups in total. The molecule has 0 unspecified atom stereocenters. The molecule has 1 heterocycles. The van der Waals surface area contributed by atoms with E-state index in [9.17, 15) is 32.9 Å². The molecule has 0 spiro atoms. The molecule has 3 aromatic rings. The van der Waals surface area contributed by atoms with E-state index in [2.05, 4.69) is 0 Å². The first kappa shape index (κ1) is 21.4. The second-order valence-electron chi connectivity index (χ2n) is 6.54. The van der Waals surface area contributed by atoms with Gasteiger partial charge in [-0.25, -0.2) is 4.79 Å². The summed E-state index contributed by atoms with van der Waals surface area (Å²) in [5.41, 5.74) is -1.32. The molecule has 0 aromatic heterocycles. The van der Waals surface area contributed by atoms with Gasteiger partial charge < -0.3 is 5.11 Å². The van der Waals surface area contributed by atoms with Crippen molar-refractivity contribution < 1.29 is 37.1 Å². The van der Waals surface area contributed by atoms with Crippen LogP contribution in [-0.2, 0) is 14.4 Å². The van der Waals surface area contributed by atoms with Gasteiger partial charge >= 0.3 is 16.1 Å². The Hall–Kier alpha value is -3.87. The predicted molar refractivity (Wildman–Crippen MR) is 108 cm³/mol. The highest BCUT2D eigenvalue weighted by molar-refractivity contribution is 7.86. The van der Waals surface area contributed by atoms with Crippen molar-refractivity contribution in [3.8, 4) is 0 Å². The number of hydroxylamine groups is 2. The van der Waals surface area contributed by atoms with Crippen molar-refractivity contribution in [3.63, 3.8) is 0 Å². The largest absolute Gasteiger partial charge is 0.478 e. The van der Waals surface area contributed by atoms with Crippen LogP contribution in [0.2, 0.25) is 5.02 Å². The van der Waals surface area contributed by atoms with Crippen LogP contribution in [0, 0.1) is 10.1 Å². The average Bonchev–Trinajstić information content (AvgIpc) is 2.74. The summed E-state index contributed by atoms with van der Waals surface area (Å²) in [5, 5.41) is 20.2. The second kappa shape index (κ2) is 7.37. The Labute approximate surface area is 183 Å². The van der Waals surface area contributed by atoms with Crippen LogP contribution in [0.25, 0.3) is 10.8 Å². The van der Waals surface area contributed by atoms with Crippen molar-refractivity contribution in [3.05, 3.63) is 80.4 Å². The van der Waals surface area contributed by atoms with E-state index >= 15 is 0 Å². The minimum atomic E-state index is -4.96. The minimum Gasteiger partial charge on any atom is -0.478 e. The number of nitro benzene ring substituents is 1. The third-order valence-corrected chi connectivity index (χ3v) is 6.29. The maximum absolute atomic E-state index is 12.9. The number of non-ortho nitro benzene ring substituents is 1. The Bertz CT molecular complexity index is 1480. The summed E-state index contributed by atoms with van der Waals surface area (Å²) in [4.78, 5) is 46.6. The van der Waals surface area contributed by atoms with Crippen LogP contribution in [0.4, 0.5) is 5.69 Å². The van der Waals surface area contributed by atoms with E-state index in [0.717, 1.165) is 18.2 Å². The van der Waals surface area contributed by atoms with Gasteiger partial charge in [-0.2, -0.15) is 8.42 Å². The summed E-state index contributed by atoms with van der Waals surface area (Å²) in [6.07, 6.45) is 0. The zero-order chi connectivity index (χ0) is 23.4. The normalized spacial score (nSPS) is 13.5. The number of hydrogen-bond acceptors (Lipinski definition) is 8. The molecule has 0 fully saturated rings. The number of benzene rings is 3. The van der Waals surface area contributed by atoms with Gasteiger partial charge in [0.15, 0.2) is 0 Å². The van der Waals surface area contributed by atoms with Crippen LogP contribution in [0.15, 0.2) is 53.4 Å². The van der Waals surface area contributed by atoms with Crippen molar-refractivity contribution in [2.75, 3.05) is 0 Å². The number of hydrogen-bond donors (Lipinski definition) is 1. The maximum atomic E-state index is 12.9. The standard InChI is InChI=1S/C19H9ClN2O9S/c20-14-5-4-10(19(25)26)7-15(14)32(29,30)31-21-17(23)12-3-1-2-9-6-11(22(27)28)8-13(16(9)12)18(21)24/h1-8H,(H,25,26). The number of carbonyl (C=O) groups excluding carboxylic acids is 2. The Kier molecular flexibility index (Phi) is 4.92. The molecule has 0 atom stereocenters. The third-order valence-electron chi connectivity index (χ3n) is 4.62. The predicted octanol–water partition coefficient (Wildman–Crippen LogP) is 3.02. The highest BCUT2D eigenvalue weighted by Crippen LogP contribution is 2.35. The third kappa shape index (κ3) is 3.36. The van der Waals surface area contributed by atoms with E-state index in [4.69, 9.17) is 21.0 Å². The highest BCUT2D eigenvalue weighted by atomic mass is 35.5. The van der Waals surface area contributed by atoms with E-state index < -0.39 is 54.0 Å². The number of nitro groups is 1. The fourth-order valence-corrected chi connectivity index (χ4v) is 4.60. The molecule has 162 valence electrons. The maximum Gasteiger partial charge on any atom is 0.335 e. The minimum absolute atomic E-state index is 0.0556. The van der Waals surface area contributed by atoms with Gasteiger partial charge in [0.2, 0.25) is 0 Å². The van der Waals surface area contributed by atoms with Crippen LogP contribution in [0.5, 0.6) is 0 Å². The van der Waals surface area contributed by atoms with E-state index in [1.54, 1.807) is 0 Å². The number of halogens is 1. The first-order valence-electron chi connectivity index (χ1n) is 8.58. The quantitative estimate of drug-likeness (QED) is 0.331. The smallest absolute Gasteiger partial charge is 0.335 e. The molecule has 32 heavy (non-hydrogen) atoms. The lowest BCUT2D eigenvalue weighted by Crippen LogP contribution is -2.41. The monoisotopic (exact) mass is 476 g/mol. The average molecular weight is 477 g/mol. The van der Waals surface area contributed by atoms with E-state index in [1.807, 2.05) is 0 Å². The fraction of sp³-hybridized carbons (Fsp3) is 0. The summed E-state index contributed by atoms with van der Waals surface area (Å²) in [7, 11) is -4.96. The number of amides is 2. The SMILES string of the molecule is O=C(O)c1ccc(Cl)c(S(=O)(=O)ON2C(=O)c3cccc4cc([N+](=O)[O-])cc(c34)C2=O)c1. The molecule has 4 rings (SSSR count). The van der Waals surface area contributed by atoms with Crippen molar-refractivity contribution in [1.29, 1.82) is 0 Å². The Morgan fingerprint density at radius 1 is 1.06 bits per heavy atom. The van der Waals surface area contributed by atoms with Gasteiger partial charge in [0.1, 0.15) is 4.90 Å². The van der Waals surface area contributed by atoms with Crippen LogP contribution in [0.1, 0.15) is 31.1 Å². The number of carboxylic acids is 1. The van der Waals surface area contributed by atoms with Crippen molar-refractivity contribution >= 4 is 56.0 Å². The molecule has 0 aliphatic carbocycles. The number of nitrogens with zero attached hydrogens (tertiary/aromatic N) is 2. The van der Waals surface area contributed by atoms with Crippen molar-refractivity contribution in [2.45, 2.75) is 4.90 Å². The van der Waals surface area contributed by atoms with E-state index in [-0.39, 0.29) is 27.0 Å². The van der Waals surface area contributed by atoms with Gasteiger partial charge in [-0.15, -0.1) is 9.35 Å². The Balaban J connectivity index is 1.83. The molecule has 0 saturated heterocycles. The first-order valence-corrected chi connectivity index (χ1v) is 10.4. The summed E-state index contributed by atoms with van der Waals surface area (Å²) in [6, 6.07) is 9.00. The molecule has 0 saturated carbocycles. The van der Waals surface area contributed by atoms with Crippen molar-refractivity contribution in [2.24, 2.45) is 0 Å². The molecule has 13 heteroatoms. The van der Waals surface area contributed by atoms with Gasteiger partial charge in [0.25, 0.3) is 17.5 Å². The highest BCUT2D eigenvalue weighted by Gasteiger charge is 2.39. The van der Waals surface area contributed by atoms with Crippen LogP contribution in [0.3, 0.4) is 0 Å². The van der Waals surface area contributed by atoms with Crippen LogP contribution < -0.4 is 0 Å². The summed E-state index contributed by atoms with van der Waals surface area (Å²) >= 11 is 5.86. The molecule has 3 aromatic carbocycles. The Morgan fingerprint density at radius 2 is 1.75 bits per heavy atom. The first-order chi connectivity index (χ1) is 15.0. The number of carbonyl (C=O) groups is 3. The van der Waals surface area contributed by atoms with Gasteiger partial charge in [-0.3, -0.25) is 19.7 Å².